The maximum atomic E-state index is 13.4. The van der Waals surface area contributed by atoms with E-state index in [4.69, 9.17) is 0 Å². The monoisotopic (exact) mass is 492 g/mol. The van der Waals surface area contributed by atoms with Crippen LogP contribution >= 0.6 is 0 Å². The van der Waals surface area contributed by atoms with Gasteiger partial charge < -0.3 is 10.6 Å². The highest BCUT2D eigenvalue weighted by molar-refractivity contribution is 5.98. The van der Waals surface area contributed by atoms with E-state index >= 15 is 0 Å². The highest BCUT2D eigenvalue weighted by atomic mass is 16.2. The van der Waals surface area contributed by atoms with Crippen LogP contribution in [0.25, 0.3) is 0 Å². The maximum Gasteiger partial charge on any atom is 0.246 e. The Hall–Kier alpha value is -3.40. The van der Waals surface area contributed by atoms with Crippen molar-refractivity contribution in [2.45, 2.75) is 62.8 Å². The number of nitrogens with one attached hydrogen (secondary N) is 2. The van der Waals surface area contributed by atoms with Crippen LogP contribution in [0.4, 0.5) is 5.69 Å². The van der Waals surface area contributed by atoms with E-state index < -0.39 is 12.0 Å². The smallest absolute Gasteiger partial charge is 0.246 e. The Morgan fingerprint density at radius 2 is 1.19 bits per heavy atom. The molecule has 4 aliphatic carbocycles. The van der Waals surface area contributed by atoms with Crippen molar-refractivity contribution in [1.29, 1.82) is 0 Å². The van der Waals surface area contributed by atoms with E-state index in [2.05, 4.69) is 22.8 Å². The predicted molar refractivity (Wildman–Crippen MR) is 147 cm³/mol. The number of hydrogen-bond donors (Lipinski definition) is 2. The quantitative estimate of drug-likeness (QED) is 0.399. The molecule has 2 N–H and O–H groups in total. The molecule has 4 aliphatic rings. The Labute approximate surface area is 219 Å². The van der Waals surface area contributed by atoms with Crippen molar-refractivity contribution in [1.82, 2.24) is 5.32 Å². The number of anilines is 1. The third-order valence-electron chi connectivity index (χ3n) is 9.08. The fourth-order valence-electron chi connectivity index (χ4n) is 7.77. The third kappa shape index (κ3) is 4.82. The van der Waals surface area contributed by atoms with E-state index in [0.29, 0.717) is 5.41 Å². The number of hydrogen-bond acceptors (Lipinski definition) is 2. The first-order valence-electron chi connectivity index (χ1n) is 13.8. The average molecular weight is 493 g/mol. The van der Waals surface area contributed by atoms with Gasteiger partial charge >= 0.3 is 0 Å². The lowest BCUT2D eigenvalue weighted by atomic mass is 9.48. The molecule has 0 unspecified atom stereocenters. The molecule has 3 aromatic rings. The number of amides is 2. The van der Waals surface area contributed by atoms with Crippen LogP contribution in [0.1, 0.15) is 68.1 Å². The van der Waals surface area contributed by atoms with Crippen LogP contribution < -0.4 is 10.6 Å². The zero-order chi connectivity index (χ0) is 25.4. The molecular weight excluding hydrogens is 456 g/mol. The van der Waals surface area contributed by atoms with Crippen LogP contribution in [0.15, 0.2) is 84.9 Å². The van der Waals surface area contributed by atoms with E-state index in [-0.39, 0.29) is 11.8 Å². The largest absolute Gasteiger partial charge is 0.344 e. The minimum atomic E-state index is -0.662. The number of carbonyl (C=O) groups is 2. The Morgan fingerprint density at radius 3 is 1.68 bits per heavy atom. The first kappa shape index (κ1) is 24.0. The SMILES string of the molecule is C[C@H](NC(=O)C(c1ccccc1)c1ccccc1)C(=O)Nc1ccc(C23CC4CC(CC(C4)C2)C3)cc1. The van der Waals surface area contributed by atoms with Crippen LogP contribution in [-0.4, -0.2) is 17.9 Å². The molecule has 37 heavy (non-hydrogen) atoms. The van der Waals surface area contributed by atoms with Crippen molar-refractivity contribution in [3.8, 4) is 0 Å². The molecule has 0 radical (unpaired) electrons. The first-order valence-corrected chi connectivity index (χ1v) is 13.8. The molecule has 7 rings (SSSR count). The second kappa shape index (κ2) is 9.81. The fraction of sp³-hybridized carbons (Fsp3) is 0.394. The molecule has 0 saturated heterocycles. The van der Waals surface area contributed by atoms with Crippen molar-refractivity contribution in [3.63, 3.8) is 0 Å². The van der Waals surface area contributed by atoms with E-state index in [1.165, 1.54) is 44.1 Å². The van der Waals surface area contributed by atoms with Crippen LogP contribution in [0.2, 0.25) is 0 Å². The molecule has 4 nitrogen and oxygen atoms in total. The summed E-state index contributed by atoms with van der Waals surface area (Å²) in [4.78, 5) is 26.4. The van der Waals surface area contributed by atoms with Gasteiger partial charge in [0.05, 0.1) is 5.92 Å². The third-order valence-corrected chi connectivity index (χ3v) is 9.08. The molecule has 0 aromatic heterocycles. The molecule has 4 bridgehead atoms. The fourth-order valence-corrected chi connectivity index (χ4v) is 7.77. The standard InChI is InChI=1S/C33H36N2O2/c1-22(34-32(37)30(26-8-4-2-5-9-26)27-10-6-3-7-11-27)31(36)35-29-14-12-28(13-15-29)33-19-23-16-24(20-33)18-25(17-23)21-33/h2-15,22-25,30H,16-21H2,1H3,(H,34,37)(H,35,36)/t22-,23?,24?,25?,33?/m0/s1. The molecule has 4 heteroatoms. The normalized spacial score (nSPS) is 26.6. The summed E-state index contributed by atoms with van der Waals surface area (Å²) in [6.45, 7) is 1.74. The topological polar surface area (TPSA) is 58.2 Å². The van der Waals surface area contributed by atoms with Crippen molar-refractivity contribution in [2.75, 3.05) is 5.32 Å². The molecule has 4 saturated carbocycles. The molecule has 190 valence electrons. The number of rotatable bonds is 7. The average Bonchev–Trinajstić information content (AvgIpc) is 2.89. The van der Waals surface area contributed by atoms with Crippen LogP contribution in [0.3, 0.4) is 0 Å². The summed E-state index contributed by atoms with van der Waals surface area (Å²) in [6.07, 6.45) is 8.30. The summed E-state index contributed by atoms with van der Waals surface area (Å²) in [6, 6.07) is 27.3. The minimum absolute atomic E-state index is 0.183. The van der Waals surface area contributed by atoms with Gasteiger partial charge in [0.2, 0.25) is 11.8 Å². The molecule has 0 heterocycles. The molecular formula is C33H36N2O2. The van der Waals surface area contributed by atoms with E-state index in [9.17, 15) is 9.59 Å². The summed E-state index contributed by atoms with van der Waals surface area (Å²) in [7, 11) is 0. The van der Waals surface area contributed by atoms with Gasteiger partial charge in [-0.2, -0.15) is 0 Å². The summed E-state index contributed by atoms with van der Waals surface area (Å²) in [5.74, 6) is 1.85. The Kier molecular flexibility index (Phi) is 6.36. The van der Waals surface area contributed by atoms with E-state index in [1.54, 1.807) is 6.92 Å². The Morgan fingerprint density at radius 1 is 0.703 bits per heavy atom. The lowest BCUT2D eigenvalue weighted by molar-refractivity contribution is -0.126. The van der Waals surface area contributed by atoms with E-state index in [1.807, 2.05) is 72.8 Å². The Bertz CT molecular complexity index is 1180. The molecule has 3 aromatic carbocycles. The predicted octanol–water partition coefficient (Wildman–Crippen LogP) is 6.43. The van der Waals surface area contributed by atoms with Gasteiger partial charge in [0.25, 0.3) is 0 Å². The van der Waals surface area contributed by atoms with Gasteiger partial charge in [0.15, 0.2) is 0 Å². The highest BCUT2D eigenvalue weighted by Gasteiger charge is 2.51. The van der Waals surface area contributed by atoms with Gasteiger partial charge in [-0.3, -0.25) is 9.59 Å². The lowest BCUT2D eigenvalue weighted by Crippen LogP contribution is -2.48. The van der Waals surface area contributed by atoms with Crippen molar-refractivity contribution < 1.29 is 9.59 Å². The van der Waals surface area contributed by atoms with Gasteiger partial charge in [-0.05, 0) is 97.4 Å². The summed E-state index contributed by atoms with van der Waals surface area (Å²) < 4.78 is 0. The van der Waals surface area contributed by atoms with Gasteiger partial charge in [-0.25, -0.2) is 0 Å². The summed E-state index contributed by atoms with van der Waals surface area (Å²) >= 11 is 0. The molecule has 0 aliphatic heterocycles. The minimum Gasteiger partial charge on any atom is -0.344 e. The number of benzene rings is 3. The molecule has 2 amide bonds. The Balaban J connectivity index is 1.12. The van der Waals surface area contributed by atoms with Crippen molar-refractivity contribution in [3.05, 3.63) is 102 Å². The van der Waals surface area contributed by atoms with Gasteiger partial charge in [0.1, 0.15) is 6.04 Å². The zero-order valence-electron chi connectivity index (χ0n) is 21.5. The van der Waals surface area contributed by atoms with Crippen molar-refractivity contribution in [2.24, 2.45) is 17.8 Å². The van der Waals surface area contributed by atoms with Crippen LogP contribution in [-0.2, 0) is 15.0 Å². The molecule has 4 fully saturated rings. The maximum absolute atomic E-state index is 13.4. The van der Waals surface area contributed by atoms with Crippen LogP contribution in [0.5, 0.6) is 0 Å². The van der Waals surface area contributed by atoms with Gasteiger partial charge in [-0.1, -0.05) is 72.8 Å². The van der Waals surface area contributed by atoms with Crippen LogP contribution in [0, 0.1) is 17.8 Å². The van der Waals surface area contributed by atoms with E-state index in [0.717, 1.165) is 34.6 Å². The number of carbonyl (C=O) groups excluding carboxylic acids is 2. The zero-order valence-corrected chi connectivity index (χ0v) is 21.5. The molecule has 1 atom stereocenters. The highest BCUT2D eigenvalue weighted by Crippen LogP contribution is 2.60. The van der Waals surface area contributed by atoms with Gasteiger partial charge in [0, 0.05) is 5.69 Å². The molecule has 0 spiro atoms. The second-order valence-corrected chi connectivity index (χ2v) is 11.7. The van der Waals surface area contributed by atoms with Gasteiger partial charge in [-0.15, -0.1) is 0 Å². The second-order valence-electron chi connectivity index (χ2n) is 11.7. The summed E-state index contributed by atoms with van der Waals surface area (Å²) in [5.41, 5.74) is 4.38. The van der Waals surface area contributed by atoms with Crippen molar-refractivity contribution >= 4 is 17.5 Å². The first-order chi connectivity index (χ1) is 18.0. The summed E-state index contributed by atoms with van der Waals surface area (Å²) in [5, 5.41) is 5.96. The lowest BCUT2D eigenvalue weighted by Gasteiger charge is -2.57.